The first-order valence-corrected chi connectivity index (χ1v) is 8.98. The predicted octanol–water partition coefficient (Wildman–Crippen LogP) is 5.07. The number of hydrogen-bond donors (Lipinski definition) is 1. The highest BCUT2D eigenvalue weighted by atomic mass is 127. The van der Waals surface area contributed by atoms with Crippen molar-refractivity contribution in [3.05, 3.63) is 55.1 Å². The lowest BCUT2D eigenvalue weighted by molar-refractivity contribution is 0.596. The van der Waals surface area contributed by atoms with Crippen molar-refractivity contribution in [2.45, 2.75) is 12.5 Å². The van der Waals surface area contributed by atoms with Gasteiger partial charge >= 0.3 is 0 Å². The molecule has 0 saturated carbocycles. The smallest absolute Gasteiger partial charge is 0.0656 e. The number of likely N-dealkylation sites (N-methyl/N-ethyl adjacent to an activating group) is 1. The zero-order chi connectivity index (χ0) is 13.2. The molecule has 0 aliphatic heterocycles. The second kappa shape index (κ2) is 5.91. The Balaban J connectivity index is 1.90. The van der Waals surface area contributed by atoms with E-state index in [1.165, 1.54) is 24.1 Å². The van der Waals surface area contributed by atoms with Crippen LogP contribution in [0.3, 0.4) is 0 Å². The van der Waals surface area contributed by atoms with Crippen molar-refractivity contribution in [2.24, 2.45) is 0 Å². The van der Waals surface area contributed by atoms with Crippen molar-refractivity contribution in [3.8, 4) is 0 Å². The highest BCUT2D eigenvalue weighted by Crippen LogP contribution is 2.30. The lowest BCUT2D eigenvalue weighted by Gasteiger charge is -2.14. The highest BCUT2D eigenvalue weighted by molar-refractivity contribution is 14.1. The van der Waals surface area contributed by atoms with Crippen LogP contribution in [0.2, 0.25) is 0 Å². The third kappa shape index (κ3) is 2.86. The monoisotopic (exact) mass is 399 g/mol. The summed E-state index contributed by atoms with van der Waals surface area (Å²) in [5.41, 5.74) is 2.84. The maximum absolute atomic E-state index is 3.44. The summed E-state index contributed by atoms with van der Waals surface area (Å²) in [7, 11) is 2.05. The third-order valence-corrected chi connectivity index (χ3v) is 6.14. The van der Waals surface area contributed by atoms with E-state index in [1.807, 2.05) is 29.7 Å². The normalized spacial score (nSPS) is 12.9. The molecule has 1 aromatic carbocycles. The Morgan fingerprint density at radius 1 is 1.21 bits per heavy atom. The van der Waals surface area contributed by atoms with E-state index in [2.05, 4.69) is 69.0 Å². The molecule has 0 spiro atoms. The number of benzene rings is 1. The van der Waals surface area contributed by atoms with Gasteiger partial charge in [-0.25, -0.2) is 0 Å². The quantitative estimate of drug-likeness (QED) is 0.604. The van der Waals surface area contributed by atoms with Crippen LogP contribution in [-0.2, 0) is 6.42 Å². The number of fused-ring (bicyclic) bond motifs is 1. The second-order valence-electron chi connectivity index (χ2n) is 4.49. The van der Waals surface area contributed by atoms with E-state index < -0.39 is 0 Å². The van der Waals surface area contributed by atoms with Gasteiger partial charge in [0, 0.05) is 10.7 Å². The highest BCUT2D eigenvalue weighted by Gasteiger charge is 2.14. The van der Waals surface area contributed by atoms with Gasteiger partial charge in [-0.15, -0.1) is 22.7 Å². The molecule has 4 heteroatoms. The van der Waals surface area contributed by atoms with Gasteiger partial charge in [0.15, 0.2) is 0 Å². The Morgan fingerprint density at radius 3 is 2.79 bits per heavy atom. The molecule has 1 atom stereocenters. The fourth-order valence-corrected chi connectivity index (χ4v) is 4.71. The van der Waals surface area contributed by atoms with Crippen LogP contribution >= 0.6 is 45.3 Å². The maximum atomic E-state index is 3.44. The molecule has 19 heavy (non-hydrogen) atoms. The Hall–Kier alpha value is -0.430. The predicted molar refractivity (Wildman–Crippen MR) is 94.4 cm³/mol. The Kier molecular flexibility index (Phi) is 4.21. The van der Waals surface area contributed by atoms with Crippen LogP contribution in [0.1, 0.15) is 17.2 Å². The Morgan fingerprint density at radius 2 is 2.05 bits per heavy atom. The van der Waals surface area contributed by atoms with E-state index in [4.69, 9.17) is 0 Å². The molecule has 0 fully saturated rings. The molecule has 2 heterocycles. The van der Waals surface area contributed by atoms with E-state index in [1.54, 1.807) is 0 Å². The minimum absolute atomic E-state index is 0.401. The first-order valence-electron chi connectivity index (χ1n) is 6.14. The molecule has 0 aliphatic rings. The number of rotatable bonds is 4. The van der Waals surface area contributed by atoms with Crippen LogP contribution in [0.5, 0.6) is 0 Å². The van der Waals surface area contributed by atoms with Crippen molar-refractivity contribution in [1.82, 2.24) is 5.32 Å². The molecule has 3 aromatic rings. The van der Waals surface area contributed by atoms with Gasteiger partial charge in [-0.2, -0.15) is 0 Å². The molecule has 98 valence electrons. The van der Waals surface area contributed by atoms with Gasteiger partial charge in [0.25, 0.3) is 0 Å². The molecular formula is C15H14INS2. The van der Waals surface area contributed by atoms with Crippen LogP contribution in [0.25, 0.3) is 10.1 Å². The van der Waals surface area contributed by atoms with Gasteiger partial charge in [0.1, 0.15) is 0 Å². The second-order valence-corrected chi connectivity index (χ2v) is 8.20. The van der Waals surface area contributed by atoms with Crippen LogP contribution in [0.15, 0.2) is 41.1 Å². The molecule has 1 unspecified atom stereocenters. The van der Waals surface area contributed by atoms with Crippen LogP contribution in [0, 0.1) is 2.88 Å². The average molecular weight is 399 g/mol. The van der Waals surface area contributed by atoms with Gasteiger partial charge in [0.05, 0.1) is 2.88 Å². The summed E-state index contributed by atoms with van der Waals surface area (Å²) in [5.74, 6) is 0. The summed E-state index contributed by atoms with van der Waals surface area (Å²) in [4.78, 5) is 0. The van der Waals surface area contributed by atoms with Gasteiger partial charge < -0.3 is 5.32 Å². The maximum Gasteiger partial charge on any atom is 0.0656 e. The summed E-state index contributed by atoms with van der Waals surface area (Å²) < 4.78 is 2.73. The number of halogens is 1. The van der Waals surface area contributed by atoms with Crippen LogP contribution < -0.4 is 5.32 Å². The molecule has 0 radical (unpaired) electrons. The molecule has 0 amide bonds. The first-order chi connectivity index (χ1) is 9.28. The average Bonchev–Trinajstić information content (AvgIpc) is 3.03. The molecule has 0 bridgehead atoms. The lowest BCUT2D eigenvalue weighted by atomic mass is 10.0. The van der Waals surface area contributed by atoms with Crippen molar-refractivity contribution < 1.29 is 0 Å². The fraction of sp³-hybridized carbons (Fsp3) is 0.200. The van der Waals surface area contributed by atoms with Crippen LogP contribution in [0.4, 0.5) is 0 Å². The van der Waals surface area contributed by atoms with Gasteiger partial charge in [-0.1, -0.05) is 18.2 Å². The molecule has 0 saturated heterocycles. The molecule has 2 aromatic heterocycles. The summed E-state index contributed by atoms with van der Waals surface area (Å²) in [6, 6.07) is 11.3. The van der Waals surface area contributed by atoms with Crippen molar-refractivity contribution in [3.63, 3.8) is 0 Å². The zero-order valence-electron chi connectivity index (χ0n) is 10.5. The van der Waals surface area contributed by atoms with Crippen molar-refractivity contribution in [1.29, 1.82) is 0 Å². The van der Waals surface area contributed by atoms with E-state index >= 15 is 0 Å². The van der Waals surface area contributed by atoms with Crippen molar-refractivity contribution >= 4 is 55.4 Å². The van der Waals surface area contributed by atoms with E-state index in [0.717, 1.165) is 6.42 Å². The summed E-state index contributed by atoms with van der Waals surface area (Å²) in [6.07, 6.45) is 1.05. The lowest BCUT2D eigenvalue weighted by Crippen LogP contribution is -2.18. The molecule has 1 nitrogen and oxygen atoms in total. The number of hydrogen-bond acceptors (Lipinski definition) is 3. The van der Waals surface area contributed by atoms with E-state index in [-0.39, 0.29) is 0 Å². The standard InChI is InChI=1S/C15H14INS2/c1-17-13(11-7-15(16)19-9-11)6-10-8-18-14-5-3-2-4-12(10)14/h2-5,7-9,13,17H,6H2,1H3. The molecular weight excluding hydrogens is 385 g/mol. The number of thiophene rings is 2. The summed E-state index contributed by atoms with van der Waals surface area (Å²) in [6.45, 7) is 0. The first kappa shape index (κ1) is 13.5. The summed E-state index contributed by atoms with van der Waals surface area (Å²) in [5, 5.41) is 9.40. The topological polar surface area (TPSA) is 12.0 Å². The number of nitrogens with one attached hydrogen (secondary N) is 1. The van der Waals surface area contributed by atoms with Gasteiger partial charge in [-0.05, 0) is 75.5 Å². The largest absolute Gasteiger partial charge is 0.313 e. The molecule has 1 N–H and O–H groups in total. The van der Waals surface area contributed by atoms with Gasteiger partial charge in [-0.3, -0.25) is 0 Å². The minimum atomic E-state index is 0.401. The van der Waals surface area contributed by atoms with Crippen LogP contribution in [-0.4, -0.2) is 7.05 Å². The van der Waals surface area contributed by atoms with Gasteiger partial charge in [0.2, 0.25) is 0 Å². The third-order valence-electron chi connectivity index (χ3n) is 3.32. The minimum Gasteiger partial charge on any atom is -0.313 e. The Bertz CT molecular complexity index is 686. The SMILES string of the molecule is CNC(Cc1csc2ccccc12)c1csc(I)c1. The Labute approximate surface area is 134 Å². The fourth-order valence-electron chi connectivity index (χ4n) is 2.30. The molecule has 3 rings (SSSR count). The molecule has 0 aliphatic carbocycles. The van der Waals surface area contributed by atoms with E-state index in [9.17, 15) is 0 Å². The summed E-state index contributed by atoms with van der Waals surface area (Å²) >= 11 is 6.04. The van der Waals surface area contributed by atoms with E-state index in [0.29, 0.717) is 6.04 Å². The zero-order valence-corrected chi connectivity index (χ0v) is 14.3. The van der Waals surface area contributed by atoms with Crippen molar-refractivity contribution in [2.75, 3.05) is 7.05 Å².